The maximum absolute atomic E-state index is 3.76. The highest BCUT2D eigenvalue weighted by molar-refractivity contribution is 7.03. The molecule has 1 atom stereocenters. The Hall–Kier alpha value is 0.0600. The third kappa shape index (κ3) is 1.48. The van der Waals surface area contributed by atoms with E-state index in [2.05, 4.69) is 4.37 Å². The van der Waals surface area contributed by atoms with Crippen molar-refractivity contribution in [3.05, 3.63) is 17.6 Å². The second-order valence-corrected chi connectivity index (χ2v) is 1.38. The first-order valence-electron chi connectivity index (χ1n) is 1.34. The van der Waals surface area contributed by atoms with Crippen molar-refractivity contribution >= 4 is 21.4 Å². The Morgan fingerprint density at radius 2 is 2.33 bits per heavy atom. The van der Waals surface area contributed by atoms with Crippen LogP contribution < -0.4 is 0 Å². The highest BCUT2D eigenvalue weighted by Gasteiger charge is 1.59. The van der Waals surface area contributed by atoms with E-state index in [1.165, 1.54) is 11.5 Å². The maximum Gasteiger partial charge on any atom is 0.0406 e. The minimum absolute atomic E-state index is 0. The molecular weight excluding hydrogens is 113 g/mol. The molecule has 0 aliphatic rings. The van der Waals surface area contributed by atoms with E-state index in [-0.39, 0.29) is 9.90 Å². The van der Waals surface area contributed by atoms with Crippen LogP contribution in [-0.2, 0) is 0 Å². The van der Waals surface area contributed by atoms with Crippen LogP contribution in [0.4, 0.5) is 0 Å². The molecule has 1 unspecified atom stereocenters. The molecule has 1 heterocycles. The van der Waals surface area contributed by atoms with Crippen LogP contribution in [0.2, 0.25) is 0 Å². The maximum atomic E-state index is 3.76. The largest absolute Gasteiger partial charge is 0.201 e. The van der Waals surface area contributed by atoms with Crippen molar-refractivity contribution in [2.75, 3.05) is 0 Å². The molecule has 0 N–H and O–H groups in total. The molecule has 0 amide bonds. The lowest BCUT2D eigenvalue weighted by Crippen LogP contribution is -1.32. The molecule has 0 aromatic carbocycles. The van der Waals surface area contributed by atoms with E-state index < -0.39 is 0 Å². The van der Waals surface area contributed by atoms with E-state index in [1.807, 2.05) is 11.4 Å². The molecule has 1 aromatic heterocycles. The van der Waals surface area contributed by atoms with E-state index in [0.717, 1.165) is 0 Å². The highest BCUT2D eigenvalue weighted by Crippen LogP contribution is 1.83. The topological polar surface area (TPSA) is 12.9 Å². The van der Waals surface area contributed by atoms with Crippen LogP contribution in [0.1, 0.15) is 0 Å². The Morgan fingerprint density at radius 1 is 1.50 bits per heavy atom. The average Bonchev–Trinajstić information content (AvgIpc) is 1.76. The summed E-state index contributed by atoms with van der Waals surface area (Å²) in [7, 11) is 0. The van der Waals surface area contributed by atoms with Crippen molar-refractivity contribution in [1.29, 1.82) is 0 Å². The first-order chi connectivity index (χ1) is 2.50. The monoisotopic (exact) mass is 119 g/mol. The van der Waals surface area contributed by atoms with E-state index in [1.54, 1.807) is 6.20 Å². The normalized spacial score (nSPS) is 6.67. The summed E-state index contributed by atoms with van der Waals surface area (Å²) in [5.41, 5.74) is 0. The average molecular weight is 119 g/mol. The molecule has 3 heteroatoms. The summed E-state index contributed by atoms with van der Waals surface area (Å²) in [5.74, 6) is 0. The number of hydrogen-bond acceptors (Lipinski definition) is 2. The second kappa shape index (κ2) is 3.26. The summed E-state index contributed by atoms with van der Waals surface area (Å²) in [6, 6.07) is 1.91. The van der Waals surface area contributed by atoms with Crippen LogP contribution in [0.3, 0.4) is 0 Å². The first-order valence-corrected chi connectivity index (χ1v) is 2.18. The van der Waals surface area contributed by atoms with Gasteiger partial charge in [0.15, 0.2) is 0 Å². The Labute approximate surface area is 44.2 Å². The number of aromatic nitrogens is 1. The molecule has 0 aliphatic carbocycles. The SMILES string of the molecule is P.c1cnsc1. The van der Waals surface area contributed by atoms with Crippen LogP contribution >= 0.6 is 21.4 Å². The molecule has 34 valence electrons. The predicted octanol–water partition coefficient (Wildman–Crippen LogP) is 1.20. The van der Waals surface area contributed by atoms with Crippen LogP contribution in [0.15, 0.2) is 17.6 Å². The van der Waals surface area contributed by atoms with Gasteiger partial charge in [-0.05, 0) is 17.6 Å². The Bertz CT molecular complexity index is 67.3. The standard InChI is InChI=1S/C3H3NS.H3P/c1-2-4-5-3-1;/h1-3H;1H3. The fourth-order valence-electron chi connectivity index (χ4n) is 0.176. The van der Waals surface area contributed by atoms with Crippen molar-refractivity contribution in [3.63, 3.8) is 0 Å². The molecule has 0 saturated heterocycles. The third-order valence-electron chi connectivity index (χ3n) is 0.347. The van der Waals surface area contributed by atoms with E-state index in [4.69, 9.17) is 0 Å². The van der Waals surface area contributed by atoms with Crippen LogP contribution in [0, 0.1) is 0 Å². The summed E-state index contributed by atoms with van der Waals surface area (Å²) in [6.07, 6.45) is 1.77. The lowest BCUT2D eigenvalue weighted by molar-refractivity contribution is 1.58. The predicted molar refractivity (Wildman–Crippen MR) is 33.2 cm³/mol. The number of nitrogens with zero attached hydrogens (tertiary/aromatic N) is 1. The zero-order chi connectivity index (χ0) is 3.54. The van der Waals surface area contributed by atoms with E-state index in [9.17, 15) is 0 Å². The van der Waals surface area contributed by atoms with E-state index in [0.29, 0.717) is 0 Å². The lowest BCUT2D eigenvalue weighted by atomic mass is 10.8. The molecule has 0 bridgehead atoms. The molecule has 0 aliphatic heterocycles. The van der Waals surface area contributed by atoms with Gasteiger partial charge in [0, 0.05) is 11.6 Å². The molecular formula is C3H6NPS. The van der Waals surface area contributed by atoms with Gasteiger partial charge in [-0.1, -0.05) is 0 Å². The van der Waals surface area contributed by atoms with Crippen molar-refractivity contribution in [1.82, 2.24) is 4.37 Å². The summed E-state index contributed by atoms with van der Waals surface area (Å²) < 4.78 is 3.76. The minimum atomic E-state index is 0. The second-order valence-electron chi connectivity index (χ2n) is 0.688. The van der Waals surface area contributed by atoms with Gasteiger partial charge in [0.2, 0.25) is 0 Å². The molecule has 1 nitrogen and oxygen atoms in total. The molecule has 6 heavy (non-hydrogen) atoms. The summed E-state index contributed by atoms with van der Waals surface area (Å²) in [4.78, 5) is 0. The smallest absolute Gasteiger partial charge is 0.0406 e. The molecule has 0 radical (unpaired) electrons. The van der Waals surface area contributed by atoms with Crippen LogP contribution in [0.5, 0.6) is 0 Å². The molecule has 1 aromatic rings. The molecule has 0 saturated carbocycles. The molecule has 0 spiro atoms. The Balaban J connectivity index is 0.000000250. The molecule has 0 fully saturated rings. The van der Waals surface area contributed by atoms with Gasteiger partial charge in [0.05, 0.1) is 0 Å². The van der Waals surface area contributed by atoms with Crippen molar-refractivity contribution < 1.29 is 0 Å². The third-order valence-corrected chi connectivity index (χ3v) is 0.869. The van der Waals surface area contributed by atoms with Crippen molar-refractivity contribution in [2.24, 2.45) is 0 Å². The fourth-order valence-corrected chi connectivity index (χ4v) is 0.527. The van der Waals surface area contributed by atoms with Gasteiger partial charge in [0.25, 0.3) is 0 Å². The van der Waals surface area contributed by atoms with Gasteiger partial charge in [-0.2, -0.15) is 9.90 Å². The molecule has 1 rings (SSSR count). The number of hydrogen-bond donors (Lipinski definition) is 0. The van der Waals surface area contributed by atoms with Gasteiger partial charge in [-0.15, -0.1) is 0 Å². The van der Waals surface area contributed by atoms with Gasteiger partial charge < -0.3 is 0 Å². The summed E-state index contributed by atoms with van der Waals surface area (Å²) in [6.45, 7) is 0. The highest BCUT2D eigenvalue weighted by atomic mass is 32.1. The van der Waals surface area contributed by atoms with Gasteiger partial charge in [0.1, 0.15) is 0 Å². The summed E-state index contributed by atoms with van der Waals surface area (Å²) in [5, 5.41) is 1.93. The fraction of sp³-hybridized carbons (Fsp3) is 0. The lowest BCUT2D eigenvalue weighted by Gasteiger charge is -1.41. The number of rotatable bonds is 0. The Kier molecular flexibility index (Phi) is 3.29. The van der Waals surface area contributed by atoms with Crippen molar-refractivity contribution in [3.8, 4) is 0 Å². The van der Waals surface area contributed by atoms with Gasteiger partial charge >= 0.3 is 0 Å². The van der Waals surface area contributed by atoms with Gasteiger partial charge in [-0.3, -0.25) is 0 Å². The quantitative estimate of drug-likeness (QED) is 0.467. The zero-order valence-corrected chi connectivity index (χ0v) is 5.53. The first kappa shape index (κ1) is 6.06. The Morgan fingerprint density at radius 3 is 2.50 bits per heavy atom. The van der Waals surface area contributed by atoms with Crippen LogP contribution in [0.25, 0.3) is 0 Å². The van der Waals surface area contributed by atoms with Crippen molar-refractivity contribution in [2.45, 2.75) is 0 Å². The minimum Gasteiger partial charge on any atom is -0.201 e. The zero-order valence-electron chi connectivity index (χ0n) is 3.29. The van der Waals surface area contributed by atoms with E-state index >= 15 is 0 Å². The van der Waals surface area contributed by atoms with Gasteiger partial charge in [-0.25, -0.2) is 4.37 Å². The van der Waals surface area contributed by atoms with Crippen LogP contribution in [-0.4, -0.2) is 4.37 Å². The summed E-state index contributed by atoms with van der Waals surface area (Å²) >= 11 is 1.46.